The molecule has 0 amide bonds. The van der Waals surface area contributed by atoms with Gasteiger partial charge in [0.05, 0.1) is 6.54 Å². The van der Waals surface area contributed by atoms with Crippen molar-refractivity contribution >= 4 is 18.4 Å². The first-order chi connectivity index (χ1) is 9.63. The van der Waals surface area contributed by atoms with Gasteiger partial charge in [-0.3, -0.25) is 4.90 Å². The summed E-state index contributed by atoms with van der Waals surface area (Å²) in [5, 5.41) is 2.75. The Hall–Kier alpha value is -1.82. The van der Waals surface area contributed by atoms with Crippen molar-refractivity contribution in [1.29, 1.82) is 0 Å². The van der Waals surface area contributed by atoms with Crippen LogP contribution in [0.3, 0.4) is 0 Å². The predicted molar refractivity (Wildman–Crippen MR) is 90.1 cm³/mol. The average Bonchev–Trinajstić information content (AvgIpc) is 2.48. The highest BCUT2D eigenvalue weighted by molar-refractivity contribution is 7.07. The van der Waals surface area contributed by atoms with Gasteiger partial charge in [-0.25, -0.2) is 0 Å². The summed E-state index contributed by atoms with van der Waals surface area (Å²) >= 11 is 0. The zero-order chi connectivity index (χ0) is 14.4. The third kappa shape index (κ3) is 3.39. The maximum Gasteiger partial charge on any atom is 0.196 e. The van der Waals surface area contributed by atoms with Crippen LogP contribution in [-0.2, 0) is 0 Å². The zero-order valence-electron chi connectivity index (χ0n) is 12.4. The van der Waals surface area contributed by atoms with E-state index in [0.717, 1.165) is 6.54 Å². The maximum absolute atomic E-state index is 3.61. The number of rotatable bonds is 3. The lowest BCUT2D eigenvalue weighted by Gasteiger charge is -2.22. The van der Waals surface area contributed by atoms with E-state index in [0.29, 0.717) is 0 Å². The molecule has 2 heteroatoms. The quantitative estimate of drug-likeness (QED) is 0.613. The number of benzene rings is 2. The standard InChI is InChI=1S/C18H21NSi/c1-19(2)15-10-16-20(3,17-11-6-4-7-12-17)18-13-8-5-9-14-18/h4-9,11-14H,15H2,1-3H3. The minimum absolute atomic E-state index is 0.808. The largest absolute Gasteiger partial charge is 0.299 e. The fraction of sp³-hybridized carbons (Fsp3) is 0.222. The molecule has 0 saturated carbocycles. The average molecular weight is 279 g/mol. The number of nitrogens with zero attached hydrogens (tertiary/aromatic N) is 1. The summed E-state index contributed by atoms with van der Waals surface area (Å²) in [6, 6.07) is 21.4. The molecule has 0 fully saturated rings. The van der Waals surface area contributed by atoms with Crippen molar-refractivity contribution in [1.82, 2.24) is 4.90 Å². The summed E-state index contributed by atoms with van der Waals surface area (Å²) in [4.78, 5) is 2.11. The van der Waals surface area contributed by atoms with E-state index in [9.17, 15) is 0 Å². The van der Waals surface area contributed by atoms with Crippen LogP contribution in [0.1, 0.15) is 0 Å². The van der Waals surface area contributed by atoms with E-state index < -0.39 is 8.07 Å². The molecule has 2 aromatic rings. The van der Waals surface area contributed by atoms with Gasteiger partial charge in [0.25, 0.3) is 0 Å². The third-order valence-corrected chi connectivity index (χ3v) is 7.09. The topological polar surface area (TPSA) is 3.24 Å². The molecule has 20 heavy (non-hydrogen) atoms. The molecule has 0 N–H and O–H groups in total. The molecule has 2 aromatic carbocycles. The summed E-state index contributed by atoms with van der Waals surface area (Å²) in [5.41, 5.74) is 3.61. The molecule has 0 atom stereocenters. The lowest BCUT2D eigenvalue weighted by molar-refractivity contribution is 0.464. The van der Waals surface area contributed by atoms with Crippen molar-refractivity contribution in [2.45, 2.75) is 6.55 Å². The Morgan fingerprint density at radius 2 is 1.30 bits per heavy atom. The molecule has 2 rings (SSSR count). The van der Waals surface area contributed by atoms with Crippen molar-refractivity contribution in [3.8, 4) is 11.5 Å². The van der Waals surface area contributed by atoms with Crippen molar-refractivity contribution in [3.05, 3.63) is 60.7 Å². The molecule has 0 aromatic heterocycles. The smallest absolute Gasteiger partial charge is 0.196 e. The zero-order valence-corrected chi connectivity index (χ0v) is 13.4. The van der Waals surface area contributed by atoms with Crippen LogP contribution in [0.15, 0.2) is 60.7 Å². The van der Waals surface area contributed by atoms with Crippen molar-refractivity contribution in [3.63, 3.8) is 0 Å². The Kier molecular flexibility index (Phi) is 4.78. The van der Waals surface area contributed by atoms with Crippen molar-refractivity contribution in [2.24, 2.45) is 0 Å². The first kappa shape index (κ1) is 14.6. The highest BCUT2D eigenvalue weighted by atomic mass is 28.3. The Labute approximate surface area is 123 Å². The second-order valence-corrected chi connectivity index (χ2v) is 9.05. The molecule has 0 aliphatic rings. The van der Waals surface area contributed by atoms with Gasteiger partial charge >= 0.3 is 0 Å². The van der Waals surface area contributed by atoms with E-state index in [1.165, 1.54) is 10.4 Å². The van der Waals surface area contributed by atoms with Gasteiger partial charge in [-0.2, -0.15) is 0 Å². The Balaban J connectivity index is 2.46. The normalized spacial score (nSPS) is 11.0. The van der Waals surface area contributed by atoms with Crippen LogP contribution in [-0.4, -0.2) is 33.6 Å². The predicted octanol–water partition coefficient (Wildman–Crippen LogP) is 1.98. The van der Waals surface area contributed by atoms with E-state index in [4.69, 9.17) is 0 Å². The Bertz CT molecular complexity index is 554. The van der Waals surface area contributed by atoms with Gasteiger partial charge in [0, 0.05) is 0 Å². The van der Waals surface area contributed by atoms with Gasteiger partial charge in [0.2, 0.25) is 0 Å². The summed E-state index contributed by atoms with van der Waals surface area (Å²) in [5.74, 6) is 3.36. The molecule has 0 unspecified atom stereocenters. The summed E-state index contributed by atoms with van der Waals surface area (Å²) < 4.78 is 0. The van der Waals surface area contributed by atoms with Crippen LogP contribution in [0.25, 0.3) is 0 Å². The molecular weight excluding hydrogens is 258 g/mol. The van der Waals surface area contributed by atoms with Crippen LogP contribution in [0.2, 0.25) is 6.55 Å². The minimum atomic E-state index is -1.96. The first-order valence-corrected chi connectivity index (χ1v) is 9.39. The molecule has 0 saturated heterocycles. The number of hydrogen-bond donors (Lipinski definition) is 0. The summed E-state index contributed by atoms with van der Waals surface area (Å²) in [6.07, 6.45) is 0. The molecule has 1 nitrogen and oxygen atoms in total. The van der Waals surface area contributed by atoms with E-state index in [-0.39, 0.29) is 0 Å². The summed E-state index contributed by atoms with van der Waals surface area (Å²) in [7, 11) is 2.15. The number of hydrogen-bond acceptors (Lipinski definition) is 1. The molecule has 0 heterocycles. The van der Waals surface area contributed by atoms with Crippen LogP contribution in [0.4, 0.5) is 0 Å². The van der Waals surface area contributed by atoms with Crippen LogP contribution in [0, 0.1) is 11.5 Å². The highest BCUT2D eigenvalue weighted by Gasteiger charge is 2.29. The first-order valence-electron chi connectivity index (χ1n) is 6.89. The highest BCUT2D eigenvalue weighted by Crippen LogP contribution is 2.04. The molecular formula is C18H21NSi. The van der Waals surface area contributed by atoms with Gasteiger partial charge in [-0.1, -0.05) is 73.1 Å². The van der Waals surface area contributed by atoms with Crippen molar-refractivity contribution < 1.29 is 0 Å². The maximum atomic E-state index is 3.61. The van der Waals surface area contributed by atoms with Crippen LogP contribution >= 0.6 is 0 Å². The Morgan fingerprint density at radius 3 is 1.70 bits per heavy atom. The molecule has 0 aliphatic heterocycles. The monoisotopic (exact) mass is 279 g/mol. The summed E-state index contributed by atoms with van der Waals surface area (Å²) in [6.45, 7) is 3.14. The molecule has 0 bridgehead atoms. The lowest BCUT2D eigenvalue weighted by Crippen LogP contribution is -2.54. The van der Waals surface area contributed by atoms with Crippen LogP contribution < -0.4 is 10.4 Å². The second-order valence-electron chi connectivity index (χ2n) is 5.40. The molecule has 0 radical (unpaired) electrons. The van der Waals surface area contributed by atoms with E-state index >= 15 is 0 Å². The van der Waals surface area contributed by atoms with E-state index in [2.05, 4.69) is 97.7 Å². The third-order valence-electron chi connectivity index (χ3n) is 3.44. The lowest BCUT2D eigenvalue weighted by atomic mass is 10.4. The van der Waals surface area contributed by atoms with Crippen molar-refractivity contribution in [2.75, 3.05) is 20.6 Å². The van der Waals surface area contributed by atoms with Gasteiger partial charge < -0.3 is 0 Å². The fourth-order valence-corrected chi connectivity index (χ4v) is 5.00. The molecule has 0 aliphatic carbocycles. The van der Waals surface area contributed by atoms with E-state index in [1.54, 1.807) is 0 Å². The van der Waals surface area contributed by atoms with Gasteiger partial charge in [-0.15, -0.1) is 5.54 Å². The second kappa shape index (κ2) is 6.56. The van der Waals surface area contributed by atoms with Gasteiger partial charge in [-0.05, 0) is 24.5 Å². The van der Waals surface area contributed by atoms with E-state index in [1.807, 2.05) is 0 Å². The molecule has 102 valence electrons. The molecule has 0 spiro atoms. The Morgan fingerprint density at radius 1 is 0.850 bits per heavy atom. The van der Waals surface area contributed by atoms with Gasteiger partial charge in [0.1, 0.15) is 0 Å². The van der Waals surface area contributed by atoms with Crippen LogP contribution in [0.5, 0.6) is 0 Å². The van der Waals surface area contributed by atoms with Gasteiger partial charge in [0.15, 0.2) is 8.07 Å². The fourth-order valence-electron chi connectivity index (χ4n) is 2.23. The minimum Gasteiger partial charge on any atom is -0.299 e. The SMILES string of the molecule is CN(C)CC#C[Si](C)(c1ccccc1)c1ccccc1.